The predicted molar refractivity (Wildman–Crippen MR) is 76.9 cm³/mol. The van der Waals surface area contributed by atoms with Crippen LogP contribution in [0.5, 0.6) is 0 Å². The first-order valence-electron chi connectivity index (χ1n) is 6.83. The van der Waals surface area contributed by atoms with E-state index in [-0.39, 0.29) is 23.8 Å². The van der Waals surface area contributed by atoms with E-state index in [1.165, 1.54) is 6.07 Å². The zero-order chi connectivity index (χ0) is 15.0. The summed E-state index contributed by atoms with van der Waals surface area (Å²) < 4.78 is 18.5. The van der Waals surface area contributed by atoms with Crippen molar-refractivity contribution in [2.45, 2.75) is 32.4 Å². The third kappa shape index (κ3) is 5.27. The number of hydrogen-bond acceptors (Lipinski definition) is 3. The average Bonchev–Trinajstić information content (AvgIpc) is 2.43. The van der Waals surface area contributed by atoms with Crippen LogP contribution in [0.4, 0.5) is 4.39 Å². The number of carbonyl (C=O) groups excluding carboxylic acids is 1. The zero-order valence-corrected chi connectivity index (χ0v) is 12.3. The molecule has 0 saturated carbocycles. The minimum atomic E-state index is -0.382. The first-order chi connectivity index (χ1) is 9.56. The van der Waals surface area contributed by atoms with Crippen molar-refractivity contribution in [3.8, 4) is 0 Å². The fourth-order valence-electron chi connectivity index (χ4n) is 1.95. The maximum atomic E-state index is 13.6. The molecule has 1 aromatic rings. The van der Waals surface area contributed by atoms with Crippen LogP contribution in [0.15, 0.2) is 24.3 Å². The quantitative estimate of drug-likeness (QED) is 0.717. The molecule has 0 saturated heterocycles. The Bertz CT molecular complexity index is 426. The topological polar surface area (TPSA) is 50.4 Å². The van der Waals surface area contributed by atoms with Gasteiger partial charge in [-0.1, -0.05) is 18.2 Å². The lowest BCUT2D eigenvalue weighted by atomic mass is 10.1. The molecule has 1 rings (SSSR count). The van der Waals surface area contributed by atoms with Crippen LogP contribution in [0.2, 0.25) is 0 Å². The summed E-state index contributed by atoms with van der Waals surface area (Å²) in [6.45, 7) is 4.80. The first kappa shape index (κ1) is 16.6. The van der Waals surface area contributed by atoms with Crippen molar-refractivity contribution in [1.29, 1.82) is 0 Å². The predicted octanol–water partition coefficient (Wildman–Crippen LogP) is 2.02. The third-order valence-electron chi connectivity index (χ3n) is 3.09. The summed E-state index contributed by atoms with van der Waals surface area (Å²) in [6.07, 6.45) is 0.776. The second-order valence-corrected chi connectivity index (χ2v) is 4.77. The largest absolute Gasteiger partial charge is 0.385 e. The van der Waals surface area contributed by atoms with Crippen LogP contribution >= 0.6 is 0 Å². The van der Waals surface area contributed by atoms with Crippen molar-refractivity contribution >= 4 is 5.91 Å². The number of amides is 1. The van der Waals surface area contributed by atoms with Crippen LogP contribution in [0, 0.1) is 5.82 Å². The van der Waals surface area contributed by atoms with Gasteiger partial charge in [0, 0.05) is 31.9 Å². The molecule has 0 heterocycles. The maximum Gasteiger partial charge on any atom is 0.236 e. The average molecular weight is 282 g/mol. The summed E-state index contributed by atoms with van der Waals surface area (Å²) in [6, 6.07) is 5.96. The monoisotopic (exact) mass is 282 g/mol. The summed E-state index contributed by atoms with van der Waals surface area (Å²) in [5, 5.41) is 5.91. The Kier molecular flexibility index (Phi) is 7.18. The molecule has 4 nitrogen and oxygen atoms in total. The van der Waals surface area contributed by atoms with E-state index in [4.69, 9.17) is 4.74 Å². The molecule has 112 valence electrons. The molecule has 0 aliphatic carbocycles. The van der Waals surface area contributed by atoms with Gasteiger partial charge in [0.05, 0.1) is 6.04 Å². The molecule has 0 radical (unpaired) electrons. The molecule has 2 atom stereocenters. The van der Waals surface area contributed by atoms with Gasteiger partial charge in [-0.2, -0.15) is 0 Å². The standard InChI is InChI=1S/C15H23FN2O2/c1-11(13-7-4-5-8-14(13)16)18-12(2)15(19)17-9-6-10-20-3/h4-5,7-8,11-12,18H,6,9-10H2,1-3H3,(H,17,19). The van der Waals surface area contributed by atoms with Crippen LogP contribution in [0.25, 0.3) is 0 Å². The molecule has 0 aliphatic heterocycles. The molecular weight excluding hydrogens is 259 g/mol. The van der Waals surface area contributed by atoms with E-state index in [9.17, 15) is 9.18 Å². The van der Waals surface area contributed by atoms with Gasteiger partial charge in [-0.15, -0.1) is 0 Å². The summed E-state index contributed by atoms with van der Waals surface area (Å²) in [7, 11) is 1.63. The molecule has 0 aromatic heterocycles. The van der Waals surface area contributed by atoms with Crippen LogP contribution < -0.4 is 10.6 Å². The van der Waals surface area contributed by atoms with Gasteiger partial charge >= 0.3 is 0 Å². The van der Waals surface area contributed by atoms with E-state index in [0.29, 0.717) is 18.7 Å². The Morgan fingerprint density at radius 3 is 2.70 bits per heavy atom. The lowest BCUT2D eigenvalue weighted by Gasteiger charge is -2.20. The van der Waals surface area contributed by atoms with E-state index in [0.717, 1.165) is 6.42 Å². The summed E-state index contributed by atoms with van der Waals surface area (Å²) in [5.74, 6) is -0.357. The Balaban J connectivity index is 2.43. The highest BCUT2D eigenvalue weighted by Gasteiger charge is 2.17. The molecule has 0 bridgehead atoms. The van der Waals surface area contributed by atoms with Crippen LogP contribution in [-0.4, -0.2) is 32.2 Å². The first-order valence-corrected chi connectivity index (χ1v) is 6.83. The van der Waals surface area contributed by atoms with Gasteiger partial charge in [0.1, 0.15) is 5.82 Å². The Labute approximate surface area is 119 Å². The molecule has 1 aromatic carbocycles. The number of benzene rings is 1. The van der Waals surface area contributed by atoms with Crippen molar-refractivity contribution in [3.05, 3.63) is 35.6 Å². The van der Waals surface area contributed by atoms with Crippen molar-refractivity contribution in [3.63, 3.8) is 0 Å². The molecule has 2 unspecified atom stereocenters. The fourth-order valence-corrected chi connectivity index (χ4v) is 1.95. The van der Waals surface area contributed by atoms with E-state index in [1.807, 2.05) is 6.92 Å². The van der Waals surface area contributed by atoms with E-state index >= 15 is 0 Å². The number of rotatable bonds is 8. The lowest BCUT2D eigenvalue weighted by Crippen LogP contribution is -2.43. The Hall–Kier alpha value is -1.46. The van der Waals surface area contributed by atoms with Gasteiger partial charge in [-0.3, -0.25) is 10.1 Å². The molecule has 0 spiro atoms. The van der Waals surface area contributed by atoms with Crippen molar-refractivity contribution in [1.82, 2.24) is 10.6 Å². The van der Waals surface area contributed by atoms with Crippen molar-refractivity contribution < 1.29 is 13.9 Å². The van der Waals surface area contributed by atoms with Crippen LogP contribution in [0.1, 0.15) is 31.9 Å². The Morgan fingerprint density at radius 2 is 2.05 bits per heavy atom. The van der Waals surface area contributed by atoms with E-state index in [1.54, 1.807) is 32.2 Å². The number of methoxy groups -OCH3 is 1. The highest BCUT2D eigenvalue weighted by atomic mass is 19.1. The fraction of sp³-hybridized carbons (Fsp3) is 0.533. The third-order valence-corrected chi connectivity index (χ3v) is 3.09. The van der Waals surface area contributed by atoms with E-state index in [2.05, 4.69) is 10.6 Å². The second-order valence-electron chi connectivity index (χ2n) is 4.77. The minimum absolute atomic E-state index is 0.0932. The summed E-state index contributed by atoms with van der Waals surface area (Å²) >= 11 is 0. The number of halogens is 1. The molecule has 0 fully saturated rings. The normalized spacial score (nSPS) is 13.8. The maximum absolute atomic E-state index is 13.6. The molecule has 0 aliphatic rings. The summed E-state index contributed by atoms with van der Waals surface area (Å²) in [5.41, 5.74) is 0.562. The van der Waals surface area contributed by atoms with Gasteiger partial charge in [0.25, 0.3) is 0 Å². The van der Waals surface area contributed by atoms with Crippen molar-refractivity contribution in [2.24, 2.45) is 0 Å². The van der Waals surface area contributed by atoms with Gasteiger partial charge < -0.3 is 10.1 Å². The van der Waals surface area contributed by atoms with Gasteiger partial charge in [-0.05, 0) is 26.3 Å². The smallest absolute Gasteiger partial charge is 0.236 e. The number of carbonyl (C=O) groups is 1. The van der Waals surface area contributed by atoms with E-state index < -0.39 is 0 Å². The number of nitrogens with one attached hydrogen (secondary N) is 2. The molecule has 2 N–H and O–H groups in total. The molecule has 1 amide bonds. The second kappa shape index (κ2) is 8.66. The molecule has 20 heavy (non-hydrogen) atoms. The minimum Gasteiger partial charge on any atom is -0.385 e. The zero-order valence-electron chi connectivity index (χ0n) is 12.3. The van der Waals surface area contributed by atoms with Gasteiger partial charge in [0.15, 0.2) is 0 Å². The van der Waals surface area contributed by atoms with Crippen molar-refractivity contribution in [2.75, 3.05) is 20.3 Å². The highest BCUT2D eigenvalue weighted by molar-refractivity contribution is 5.81. The molecular formula is C15H23FN2O2. The SMILES string of the molecule is COCCCNC(=O)C(C)NC(C)c1ccccc1F. The van der Waals surface area contributed by atoms with Crippen LogP contribution in [0.3, 0.4) is 0 Å². The van der Waals surface area contributed by atoms with Crippen LogP contribution in [-0.2, 0) is 9.53 Å². The summed E-state index contributed by atoms with van der Waals surface area (Å²) in [4.78, 5) is 11.8. The number of ether oxygens (including phenoxy) is 1. The Morgan fingerprint density at radius 1 is 1.35 bits per heavy atom. The lowest BCUT2D eigenvalue weighted by molar-refractivity contribution is -0.122. The highest BCUT2D eigenvalue weighted by Crippen LogP contribution is 2.16. The van der Waals surface area contributed by atoms with Gasteiger partial charge in [0.2, 0.25) is 5.91 Å². The molecule has 5 heteroatoms. The van der Waals surface area contributed by atoms with Gasteiger partial charge in [-0.25, -0.2) is 4.39 Å². The number of hydrogen-bond donors (Lipinski definition) is 2.